The molecule has 106 valence electrons. The van der Waals surface area contributed by atoms with Gasteiger partial charge in [0.05, 0.1) is 15.1 Å². The SMILES string of the molecule is CCn1cc(I)c(=O)n(Cc2ccc(Cl)c(F)c2)c1=O. The van der Waals surface area contributed by atoms with E-state index in [9.17, 15) is 14.0 Å². The molecule has 0 aliphatic rings. The van der Waals surface area contributed by atoms with Gasteiger partial charge in [-0.15, -0.1) is 0 Å². The van der Waals surface area contributed by atoms with Gasteiger partial charge in [-0.3, -0.25) is 13.9 Å². The van der Waals surface area contributed by atoms with E-state index >= 15 is 0 Å². The molecular formula is C13H11ClFIN2O2. The third kappa shape index (κ3) is 2.95. The maximum absolute atomic E-state index is 13.4. The molecule has 0 unspecified atom stereocenters. The van der Waals surface area contributed by atoms with Gasteiger partial charge in [0, 0.05) is 12.7 Å². The quantitative estimate of drug-likeness (QED) is 0.733. The molecule has 7 heteroatoms. The molecule has 0 aliphatic heterocycles. The number of aryl methyl sites for hydroxylation is 1. The van der Waals surface area contributed by atoms with Gasteiger partial charge in [0.2, 0.25) is 0 Å². The minimum Gasteiger partial charge on any atom is -0.300 e. The summed E-state index contributed by atoms with van der Waals surface area (Å²) in [6.07, 6.45) is 1.52. The lowest BCUT2D eigenvalue weighted by Crippen LogP contribution is -2.40. The molecule has 2 rings (SSSR count). The number of rotatable bonds is 3. The van der Waals surface area contributed by atoms with Crippen LogP contribution < -0.4 is 11.2 Å². The molecule has 20 heavy (non-hydrogen) atoms. The summed E-state index contributed by atoms with van der Waals surface area (Å²) >= 11 is 7.49. The zero-order valence-corrected chi connectivity index (χ0v) is 13.5. The molecule has 0 bridgehead atoms. The number of nitrogens with zero attached hydrogens (tertiary/aromatic N) is 2. The highest BCUT2D eigenvalue weighted by Crippen LogP contribution is 2.15. The summed E-state index contributed by atoms with van der Waals surface area (Å²) in [6, 6.07) is 4.22. The van der Waals surface area contributed by atoms with Crippen LogP contribution in [-0.2, 0) is 13.1 Å². The molecule has 0 radical (unpaired) electrons. The van der Waals surface area contributed by atoms with Crippen LogP contribution in [0.2, 0.25) is 5.02 Å². The fraction of sp³-hybridized carbons (Fsp3) is 0.231. The Morgan fingerprint density at radius 2 is 2.05 bits per heavy atom. The van der Waals surface area contributed by atoms with Crippen molar-refractivity contribution in [1.82, 2.24) is 9.13 Å². The normalized spacial score (nSPS) is 10.8. The van der Waals surface area contributed by atoms with Crippen molar-refractivity contribution in [3.63, 3.8) is 0 Å². The van der Waals surface area contributed by atoms with Crippen molar-refractivity contribution in [1.29, 1.82) is 0 Å². The van der Waals surface area contributed by atoms with Gasteiger partial charge in [0.15, 0.2) is 0 Å². The third-order valence-electron chi connectivity index (χ3n) is 2.86. The zero-order valence-electron chi connectivity index (χ0n) is 10.6. The first kappa shape index (κ1) is 15.2. The van der Waals surface area contributed by atoms with Gasteiger partial charge in [-0.2, -0.15) is 0 Å². The number of hydrogen-bond acceptors (Lipinski definition) is 2. The number of hydrogen-bond donors (Lipinski definition) is 0. The molecule has 0 amide bonds. The number of benzene rings is 1. The zero-order chi connectivity index (χ0) is 14.9. The molecule has 1 aromatic heterocycles. The van der Waals surface area contributed by atoms with Gasteiger partial charge in [0.1, 0.15) is 5.82 Å². The smallest absolute Gasteiger partial charge is 0.300 e. The highest BCUT2D eigenvalue weighted by atomic mass is 127. The summed E-state index contributed by atoms with van der Waals surface area (Å²) in [5.74, 6) is -0.571. The van der Waals surface area contributed by atoms with Crippen LogP contribution in [0.3, 0.4) is 0 Å². The van der Waals surface area contributed by atoms with Gasteiger partial charge < -0.3 is 0 Å². The van der Waals surface area contributed by atoms with E-state index in [1.165, 1.54) is 22.9 Å². The molecule has 2 aromatic rings. The van der Waals surface area contributed by atoms with Crippen LogP contribution in [0.15, 0.2) is 34.0 Å². The van der Waals surface area contributed by atoms with Crippen LogP contribution in [0.5, 0.6) is 0 Å². The van der Waals surface area contributed by atoms with Crippen molar-refractivity contribution < 1.29 is 4.39 Å². The highest BCUT2D eigenvalue weighted by Gasteiger charge is 2.10. The molecule has 0 spiro atoms. The summed E-state index contributed by atoms with van der Waals surface area (Å²) in [7, 11) is 0. The van der Waals surface area contributed by atoms with Gasteiger partial charge in [-0.05, 0) is 47.2 Å². The summed E-state index contributed by atoms with van der Waals surface area (Å²) < 4.78 is 16.4. The lowest BCUT2D eigenvalue weighted by atomic mass is 10.2. The Hall–Kier alpha value is -1.15. The predicted octanol–water partition coefficient (Wildman–Crippen LogP) is 2.48. The fourth-order valence-electron chi connectivity index (χ4n) is 1.80. The molecule has 1 heterocycles. The summed E-state index contributed by atoms with van der Waals surface area (Å²) in [6.45, 7) is 2.29. The van der Waals surface area contributed by atoms with Crippen LogP contribution >= 0.6 is 34.2 Å². The minimum atomic E-state index is -0.571. The van der Waals surface area contributed by atoms with E-state index in [4.69, 9.17) is 11.6 Å². The predicted molar refractivity (Wildman–Crippen MR) is 83.9 cm³/mol. The second kappa shape index (κ2) is 6.09. The van der Waals surface area contributed by atoms with Gasteiger partial charge >= 0.3 is 5.69 Å². The summed E-state index contributed by atoms with van der Waals surface area (Å²) in [5.41, 5.74) is -0.278. The van der Waals surface area contributed by atoms with Gasteiger partial charge in [-0.1, -0.05) is 17.7 Å². The number of aromatic nitrogens is 2. The monoisotopic (exact) mass is 408 g/mol. The Morgan fingerprint density at radius 1 is 1.35 bits per heavy atom. The molecule has 0 fully saturated rings. The van der Waals surface area contributed by atoms with E-state index in [0.29, 0.717) is 15.7 Å². The Bertz CT molecular complexity index is 770. The maximum atomic E-state index is 13.4. The second-order valence-electron chi connectivity index (χ2n) is 4.19. The third-order valence-corrected chi connectivity index (χ3v) is 3.91. The summed E-state index contributed by atoms with van der Waals surface area (Å²) in [4.78, 5) is 24.2. The van der Waals surface area contributed by atoms with Crippen molar-refractivity contribution in [3.05, 3.63) is 65.2 Å². The molecule has 0 N–H and O–H groups in total. The maximum Gasteiger partial charge on any atom is 0.331 e. The molecule has 0 saturated heterocycles. The van der Waals surface area contributed by atoms with E-state index in [-0.39, 0.29) is 17.1 Å². The lowest BCUT2D eigenvalue weighted by molar-refractivity contribution is 0.589. The van der Waals surface area contributed by atoms with Crippen molar-refractivity contribution in [3.8, 4) is 0 Å². The van der Waals surface area contributed by atoms with E-state index in [1.807, 2.05) is 29.5 Å². The van der Waals surface area contributed by atoms with Crippen LogP contribution in [0.4, 0.5) is 4.39 Å². The van der Waals surface area contributed by atoms with Crippen molar-refractivity contribution in [2.75, 3.05) is 0 Å². The molecule has 0 saturated carbocycles. The Balaban J connectivity index is 2.53. The first-order valence-corrected chi connectivity index (χ1v) is 7.33. The molecular weight excluding hydrogens is 398 g/mol. The van der Waals surface area contributed by atoms with Crippen molar-refractivity contribution >= 4 is 34.2 Å². The average Bonchev–Trinajstić information content (AvgIpc) is 2.42. The molecule has 0 atom stereocenters. The Kier molecular flexibility index (Phi) is 4.64. The topological polar surface area (TPSA) is 44.0 Å². The second-order valence-corrected chi connectivity index (χ2v) is 5.75. The van der Waals surface area contributed by atoms with E-state index < -0.39 is 11.5 Å². The van der Waals surface area contributed by atoms with Crippen LogP contribution in [0, 0.1) is 9.39 Å². The molecule has 1 aromatic carbocycles. The standard InChI is InChI=1S/C13H11ClFIN2O2/c1-2-17-7-11(16)12(19)18(13(17)20)6-8-3-4-9(14)10(15)5-8/h3-5,7H,2,6H2,1H3. The van der Waals surface area contributed by atoms with E-state index in [2.05, 4.69) is 0 Å². The average molecular weight is 409 g/mol. The summed E-state index contributed by atoms with van der Waals surface area (Å²) in [5, 5.41) is 0.00899. The van der Waals surface area contributed by atoms with Crippen LogP contribution in [0.1, 0.15) is 12.5 Å². The number of halogens is 3. The molecule has 0 aliphatic carbocycles. The highest BCUT2D eigenvalue weighted by molar-refractivity contribution is 14.1. The van der Waals surface area contributed by atoms with Gasteiger partial charge in [-0.25, -0.2) is 9.18 Å². The largest absolute Gasteiger partial charge is 0.331 e. The van der Waals surface area contributed by atoms with E-state index in [1.54, 1.807) is 6.07 Å². The van der Waals surface area contributed by atoms with Crippen molar-refractivity contribution in [2.45, 2.75) is 20.0 Å². The van der Waals surface area contributed by atoms with Crippen LogP contribution in [-0.4, -0.2) is 9.13 Å². The van der Waals surface area contributed by atoms with Crippen molar-refractivity contribution in [2.24, 2.45) is 0 Å². The minimum absolute atomic E-state index is 0.00899. The fourth-order valence-corrected chi connectivity index (χ4v) is 2.55. The first-order valence-electron chi connectivity index (χ1n) is 5.87. The Morgan fingerprint density at radius 3 is 2.65 bits per heavy atom. The molecule has 4 nitrogen and oxygen atoms in total. The van der Waals surface area contributed by atoms with Gasteiger partial charge in [0.25, 0.3) is 5.56 Å². The first-order chi connectivity index (χ1) is 9.43. The van der Waals surface area contributed by atoms with E-state index in [0.717, 1.165) is 4.57 Å². The Labute approximate surface area is 132 Å². The van der Waals surface area contributed by atoms with Crippen LogP contribution in [0.25, 0.3) is 0 Å². The lowest BCUT2D eigenvalue weighted by Gasteiger charge is -2.10.